The van der Waals surface area contributed by atoms with Gasteiger partial charge in [-0.3, -0.25) is 0 Å². The highest BCUT2D eigenvalue weighted by molar-refractivity contribution is 7.99. The molecule has 0 atom stereocenters. The second-order valence-electron chi connectivity index (χ2n) is 4.42. The van der Waals surface area contributed by atoms with E-state index in [9.17, 15) is 4.39 Å². The lowest BCUT2D eigenvalue weighted by Crippen LogP contribution is -2.25. The maximum Gasteiger partial charge on any atom is 0.127 e. The summed E-state index contributed by atoms with van der Waals surface area (Å²) in [5, 5.41) is 3.93. The molecule has 0 saturated carbocycles. The van der Waals surface area contributed by atoms with Gasteiger partial charge in [-0.25, -0.2) is 4.39 Å². The topological polar surface area (TPSA) is 12.0 Å². The van der Waals surface area contributed by atoms with E-state index in [1.807, 2.05) is 11.8 Å². The molecule has 1 fully saturated rings. The van der Waals surface area contributed by atoms with E-state index in [1.54, 1.807) is 12.1 Å². The van der Waals surface area contributed by atoms with Gasteiger partial charge in [-0.2, -0.15) is 11.8 Å². The van der Waals surface area contributed by atoms with E-state index < -0.39 is 0 Å². The third kappa shape index (κ3) is 4.16. The Labute approximate surface area is 111 Å². The molecule has 17 heavy (non-hydrogen) atoms. The summed E-state index contributed by atoms with van der Waals surface area (Å²) < 4.78 is 13.4. The summed E-state index contributed by atoms with van der Waals surface area (Å²) in [6, 6.07) is 4.70. The van der Waals surface area contributed by atoms with Crippen LogP contribution in [0.5, 0.6) is 0 Å². The number of nitrogens with one attached hydrogen (secondary N) is 1. The van der Waals surface area contributed by atoms with Crippen LogP contribution in [-0.2, 0) is 6.54 Å². The predicted octanol–water partition coefficient (Wildman–Crippen LogP) is 3.71. The Morgan fingerprint density at radius 3 is 2.88 bits per heavy atom. The number of benzene rings is 1. The molecule has 1 nitrogen and oxygen atoms in total. The van der Waals surface area contributed by atoms with Crippen LogP contribution in [0.4, 0.5) is 4.39 Å². The minimum absolute atomic E-state index is 0.180. The molecule has 1 aliphatic rings. The highest BCUT2D eigenvalue weighted by Crippen LogP contribution is 2.22. The van der Waals surface area contributed by atoms with Crippen LogP contribution in [-0.4, -0.2) is 18.1 Å². The van der Waals surface area contributed by atoms with Gasteiger partial charge in [0.05, 0.1) is 0 Å². The number of halogens is 2. The average molecular weight is 274 g/mol. The molecule has 1 aliphatic heterocycles. The SMILES string of the molecule is Fc1ccc(Cl)cc1CNCC1CCSCC1. The van der Waals surface area contributed by atoms with Gasteiger partial charge < -0.3 is 5.32 Å². The Morgan fingerprint density at radius 1 is 1.35 bits per heavy atom. The number of hydrogen-bond acceptors (Lipinski definition) is 2. The molecule has 0 aliphatic carbocycles. The monoisotopic (exact) mass is 273 g/mol. The van der Waals surface area contributed by atoms with E-state index in [2.05, 4.69) is 5.32 Å². The standard InChI is InChI=1S/C13H17ClFNS/c14-12-1-2-13(15)11(7-12)9-16-8-10-3-5-17-6-4-10/h1-2,7,10,16H,3-6,8-9H2. The van der Waals surface area contributed by atoms with E-state index >= 15 is 0 Å². The van der Waals surface area contributed by atoms with Crippen molar-refractivity contribution in [2.45, 2.75) is 19.4 Å². The van der Waals surface area contributed by atoms with Gasteiger partial charge >= 0.3 is 0 Å². The molecule has 1 aromatic carbocycles. The molecule has 1 saturated heterocycles. The first-order valence-electron chi connectivity index (χ1n) is 5.98. The van der Waals surface area contributed by atoms with Crippen molar-refractivity contribution in [1.82, 2.24) is 5.32 Å². The largest absolute Gasteiger partial charge is 0.312 e. The molecular weight excluding hydrogens is 257 g/mol. The Bertz CT molecular complexity index is 366. The lowest BCUT2D eigenvalue weighted by Gasteiger charge is -2.21. The average Bonchev–Trinajstić information content (AvgIpc) is 2.35. The van der Waals surface area contributed by atoms with Gasteiger partial charge in [0.25, 0.3) is 0 Å². The van der Waals surface area contributed by atoms with Crippen LogP contribution in [0.2, 0.25) is 5.02 Å². The number of thioether (sulfide) groups is 1. The predicted molar refractivity (Wildman–Crippen MR) is 73.2 cm³/mol. The summed E-state index contributed by atoms with van der Waals surface area (Å²) in [6.07, 6.45) is 2.55. The van der Waals surface area contributed by atoms with Gasteiger partial charge in [0.1, 0.15) is 5.82 Å². The maximum atomic E-state index is 13.4. The summed E-state index contributed by atoms with van der Waals surface area (Å²) >= 11 is 7.87. The van der Waals surface area contributed by atoms with Gasteiger partial charge in [0.2, 0.25) is 0 Å². The molecule has 1 N–H and O–H groups in total. The molecule has 4 heteroatoms. The molecule has 0 aromatic heterocycles. The number of hydrogen-bond donors (Lipinski definition) is 1. The smallest absolute Gasteiger partial charge is 0.127 e. The van der Waals surface area contributed by atoms with Crippen molar-refractivity contribution in [1.29, 1.82) is 0 Å². The highest BCUT2D eigenvalue weighted by Gasteiger charge is 2.13. The first-order valence-corrected chi connectivity index (χ1v) is 7.51. The van der Waals surface area contributed by atoms with Crippen LogP contribution in [0.1, 0.15) is 18.4 Å². The van der Waals surface area contributed by atoms with Gasteiger partial charge in [-0.05, 0) is 55.0 Å². The lowest BCUT2D eigenvalue weighted by molar-refractivity contribution is 0.444. The van der Waals surface area contributed by atoms with Crippen molar-refractivity contribution in [2.75, 3.05) is 18.1 Å². The van der Waals surface area contributed by atoms with Crippen LogP contribution in [0, 0.1) is 11.7 Å². The fourth-order valence-electron chi connectivity index (χ4n) is 2.04. The highest BCUT2D eigenvalue weighted by atomic mass is 35.5. The van der Waals surface area contributed by atoms with E-state index in [-0.39, 0.29) is 5.82 Å². The normalized spacial score (nSPS) is 17.3. The molecule has 0 radical (unpaired) electrons. The molecule has 1 aromatic rings. The molecule has 0 amide bonds. The summed E-state index contributed by atoms with van der Waals surface area (Å²) in [7, 11) is 0. The Morgan fingerprint density at radius 2 is 2.12 bits per heavy atom. The van der Waals surface area contributed by atoms with Crippen molar-refractivity contribution < 1.29 is 4.39 Å². The van der Waals surface area contributed by atoms with Crippen molar-refractivity contribution in [2.24, 2.45) is 5.92 Å². The third-order valence-electron chi connectivity index (χ3n) is 3.10. The van der Waals surface area contributed by atoms with Crippen LogP contribution in [0.3, 0.4) is 0 Å². The maximum absolute atomic E-state index is 13.4. The minimum atomic E-state index is -0.180. The first kappa shape index (κ1) is 13.2. The second kappa shape index (κ2) is 6.62. The van der Waals surface area contributed by atoms with E-state index in [1.165, 1.54) is 30.4 Å². The second-order valence-corrected chi connectivity index (χ2v) is 6.08. The molecule has 0 spiro atoms. The summed E-state index contributed by atoms with van der Waals surface area (Å²) in [5.41, 5.74) is 0.655. The van der Waals surface area contributed by atoms with Gasteiger partial charge in [-0.15, -0.1) is 0 Å². The zero-order valence-electron chi connectivity index (χ0n) is 9.72. The van der Waals surface area contributed by atoms with Gasteiger partial charge in [0.15, 0.2) is 0 Å². The van der Waals surface area contributed by atoms with Crippen molar-refractivity contribution >= 4 is 23.4 Å². The quantitative estimate of drug-likeness (QED) is 0.898. The van der Waals surface area contributed by atoms with Crippen molar-refractivity contribution in [3.63, 3.8) is 0 Å². The van der Waals surface area contributed by atoms with Crippen LogP contribution in [0.15, 0.2) is 18.2 Å². The molecule has 1 heterocycles. The number of rotatable bonds is 4. The lowest BCUT2D eigenvalue weighted by atomic mass is 10.0. The molecule has 0 unspecified atom stereocenters. The van der Waals surface area contributed by atoms with E-state index in [4.69, 9.17) is 11.6 Å². The van der Waals surface area contributed by atoms with Crippen LogP contribution >= 0.6 is 23.4 Å². The van der Waals surface area contributed by atoms with Crippen molar-refractivity contribution in [3.05, 3.63) is 34.6 Å². The molecular formula is C13H17ClFNS. The minimum Gasteiger partial charge on any atom is -0.312 e. The zero-order valence-corrected chi connectivity index (χ0v) is 11.3. The Hall–Kier alpha value is -0.250. The van der Waals surface area contributed by atoms with E-state index in [0.717, 1.165) is 12.5 Å². The van der Waals surface area contributed by atoms with Crippen LogP contribution in [0.25, 0.3) is 0 Å². The van der Waals surface area contributed by atoms with Crippen molar-refractivity contribution in [3.8, 4) is 0 Å². The Balaban J connectivity index is 1.79. The van der Waals surface area contributed by atoms with Crippen LogP contribution < -0.4 is 5.32 Å². The summed E-state index contributed by atoms with van der Waals surface area (Å²) in [4.78, 5) is 0. The van der Waals surface area contributed by atoms with Gasteiger partial charge in [-0.1, -0.05) is 11.6 Å². The fraction of sp³-hybridized carbons (Fsp3) is 0.538. The Kier molecular flexibility index (Phi) is 5.14. The van der Waals surface area contributed by atoms with Gasteiger partial charge in [0, 0.05) is 17.1 Å². The third-order valence-corrected chi connectivity index (χ3v) is 4.38. The van der Waals surface area contributed by atoms with E-state index in [0.29, 0.717) is 17.1 Å². The molecule has 0 bridgehead atoms. The summed E-state index contributed by atoms with van der Waals surface area (Å²) in [6.45, 7) is 1.54. The fourth-order valence-corrected chi connectivity index (χ4v) is 3.44. The zero-order chi connectivity index (χ0) is 12.1. The summed E-state index contributed by atoms with van der Waals surface area (Å²) in [5.74, 6) is 3.09. The molecule has 2 rings (SSSR count). The molecule has 94 valence electrons. The first-order chi connectivity index (χ1) is 8.25.